The molecule has 1 aliphatic heterocycles. The van der Waals surface area contributed by atoms with Crippen molar-refractivity contribution in [3.05, 3.63) is 35.9 Å². The molecule has 4 nitrogen and oxygen atoms in total. The molecule has 1 saturated carbocycles. The lowest BCUT2D eigenvalue weighted by atomic mass is 9.96. The average Bonchev–Trinajstić information content (AvgIpc) is 2.95. The first-order valence-corrected chi connectivity index (χ1v) is 8.32. The summed E-state index contributed by atoms with van der Waals surface area (Å²) >= 11 is 0. The lowest BCUT2D eigenvalue weighted by Crippen LogP contribution is -2.55. The van der Waals surface area contributed by atoms with Crippen LogP contribution >= 0.6 is 0 Å². The largest absolute Gasteiger partial charge is 0.369 e. The van der Waals surface area contributed by atoms with Gasteiger partial charge in [-0.2, -0.15) is 0 Å². The van der Waals surface area contributed by atoms with Crippen LogP contribution < -0.4 is 5.73 Å². The molecule has 22 heavy (non-hydrogen) atoms. The molecule has 0 radical (unpaired) electrons. The standard InChI is InChI=1S/C18H26N2O2/c1-12-11-22-17(14-6-4-3-5-7-14)13(2)20(12)18(21)15-8-9-16(19)10-15/h3-7,12-13,15-17H,8-11,19H2,1-2H3/t12-,13+,15+,16-,17+/m1/s1. The minimum absolute atomic E-state index is 0.0450. The van der Waals surface area contributed by atoms with Crippen LogP contribution in [0.1, 0.15) is 44.8 Å². The topological polar surface area (TPSA) is 55.6 Å². The van der Waals surface area contributed by atoms with Gasteiger partial charge < -0.3 is 15.4 Å². The molecule has 2 N–H and O–H groups in total. The second-order valence-electron chi connectivity index (χ2n) is 6.77. The molecule has 1 aromatic carbocycles. The first-order valence-electron chi connectivity index (χ1n) is 8.32. The molecule has 1 aromatic rings. The van der Waals surface area contributed by atoms with E-state index in [9.17, 15) is 4.79 Å². The van der Waals surface area contributed by atoms with Gasteiger partial charge in [-0.3, -0.25) is 4.79 Å². The fourth-order valence-corrected chi connectivity index (χ4v) is 3.90. The molecule has 0 unspecified atom stereocenters. The Morgan fingerprint density at radius 1 is 1.23 bits per heavy atom. The highest BCUT2D eigenvalue weighted by Gasteiger charge is 2.40. The maximum absolute atomic E-state index is 13.0. The van der Waals surface area contributed by atoms with Crippen LogP contribution in [-0.4, -0.2) is 35.5 Å². The molecular weight excluding hydrogens is 276 g/mol. The quantitative estimate of drug-likeness (QED) is 0.913. The number of hydrogen-bond donors (Lipinski definition) is 1. The summed E-state index contributed by atoms with van der Waals surface area (Å²) < 4.78 is 6.03. The molecular formula is C18H26N2O2. The average molecular weight is 302 g/mol. The second-order valence-corrected chi connectivity index (χ2v) is 6.77. The predicted octanol–water partition coefficient (Wildman–Crippen LogP) is 2.49. The Morgan fingerprint density at radius 3 is 2.59 bits per heavy atom. The van der Waals surface area contributed by atoms with Crippen molar-refractivity contribution in [2.24, 2.45) is 11.7 Å². The zero-order chi connectivity index (χ0) is 15.7. The molecule has 1 amide bonds. The Bertz CT molecular complexity index is 519. The van der Waals surface area contributed by atoms with Crippen LogP contribution in [-0.2, 0) is 9.53 Å². The van der Waals surface area contributed by atoms with Crippen molar-refractivity contribution in [2.45, 2.75) is 57.3 Å². The van der Waals surface area contributed by atoms with Crippen LogP contribution in [0.3, 0.4) is 0 Å². The summed E-state index contributed by atoms with van der Waals surface area (Å²) in [5.41, 5.74) is 7.13. The van der Waals surface area contributed by atoms with Crippen LogP contribution in [0.5, 0.6) is 0 Å². The van der Waals surface area contributed by atoms with Crippen molar-refractivity contribution in [2.75, 3.05) is 6.61 Å². The zero-order valence-electron chi connectivity index (χ0n) is 13.4. The van der Waals surface area contributed by atoms with Gasteiger partial charge in [0.25, 0.3) is 0 Å². The fourth-order valence-electron chi connectivity index (χ4n) is 3.90. The zero-order valence-corrected chi connectivity index (χ0v) is 13.4. The van der Waals surface area contributed by atoms with Crippen LogP contribution in [0.2, 0.25) is 0 Å². The molecule has 1 heterocycles. The van der Waals surface area contributed by atoms with E-state index < -0.39 is 0 Å². The van der Waals surface area contributed by atoms with E-state index in [2.05, 4.69) is 26.0 Å². The van der Waals surface area contributed by atoms with Gasteiger partial charge in [0.15, 0.2) is 0 Å². The fraction of sp³-hybridized carbons (Fsp3) is 0.611. The molecule has 1 aliphatic carbocycles. The van der Waals surface area contributed by atoms with Gasteiger partial charge in [0.1, 0.15) is 6.10 Å². The molecule has 0 bridgehead atoms. The molecule has 0 aromatic heterocycles. The summed E-state index contributed by atoms with van der Waals surface area (Å²) in [4.78, 5) is 15.0. The number of benzene rings is 1. The van der Waals surface area contributed by atoms with Crippen molar-refractivity contribution >= 4 is 5.91 Å². The van der Waals surface area contributed by atoms with E-state index in [1.54, 1.807) is 0 Å². The lowest BCUT2D eigenvalue weighted by Gasteiger charge is -2.45. The summed E-state index contributed by atoms with van der Waals surface area (Å²) in [5.74, 6) is 0.353. The van der Waals surface area contributed by atoms with Crippen molar-refractivity contribution in [1.29, 1.82) is 0 Å². The first-order chi connectivity index (χ1) is 10.6. The van der Waals surface area contributed by atoms with E-state index in [0.29, 0.717) is 6.61 Å². The molecule has 0 spiro atoms. The number of morpholine rings is 1. The van der Waals surface area contributed by atoms with Crippen molar-refractivity contribution in [3.63, 3.8) is 0 Å². The molecule has 2 fully saturated rings. The third kappa shape index (κ3) is 2.90. The van der Waals surface area contributed by atoms with E-state index >= 15 is 0 Å². The SMILES string of the molecule is C[C@@H]1CO[C@H](c2ccccc2)[C@H](C)N1C(=O)[C@H]1CC[C@@H](N)C1. The second kappa shape index (κ2) is 6.39. The van der Waals surface area contributed by atoms with Gasteiger partial charge in [0.2, 0.25) is 5.91 Å². The number of ether oxygens (including phenoxy) is 1. The highest BCUT2D eigenvalue weighted by molar-refractivity contribution is 5.80. The van der Waals surface area contributed by atoms with Crippen LogP contribution in [0, 0.1) is 5.92 Å². The van der Waals surface area contributed by atoms with Crippen LogP contribution in [0.4, 0.5) is 0 Å². The number of nitrogens with two attached hydrogens (primary N) is 1. The Kier molecular flexibility index (Phi) is 4.50. The predicted molar refractivity (Wildman–Crippen MR) is 86.2 cm³/mol. The van der Waals surface area contributed by atoms with E-state index in [0.717, 1.165) is 24.8 Å². The Balaban J connectivity index is 1.78. The lowest BCUT2D eigenvalue weighted by molar-refractivity contribution is -0.157. The summed E-state index contributed by atoms with van der Waals surface area (Å²) in [6.45, 7) is 4.76. The highest BCUT2D eigenvalue weighted by Crippen LogP contribution is 2.34. The minimum Gasteiger partial charge on any atom is -0.369 e. The smallest absolute Gasteiger partial charge is 0.226 e. The van der Waals surface area contributed by atoms with Gasteiger partial charge in [-0.05, 0) is 38.7 Å². The Labute approximate surface area is 132 Å². The number of rotatable bonds is 2. The third-order valence-corrected chi connectivity index (χ3v) is 5.07. The van der Waals surface area contributed by atoms with Gasteiger partial charge in [-0.1, -0.05) is 30.3 Å². The summed E-state index contributed by atoms with van der Waals surface area (Å²) in [6, 6.07) is 10.6. The van der Waals surface area contributed by atoms with Gasteiger partial charge in [0, 0.05) is 12.0 Å². The normalized spacial score (nSPS) is 35.6. The monoisotopic (exact) mass is 302 g/mol. The summed E-state index contributed by atoms with van der Waals surface area (Å²) in [7, 11) is 0. The van der Waals surface area contributed by atoms with Gasteiger partial charge in [0.05, 0.1) is 18.7 Å². The van der Waals surface area contributed by atoms with Crippen molar-refractivity contribution in [1.82, 2.24) is 4.90 Å². The Morgan fingerprint density at radius 2 is 1.95 bits per heavy atom. The number of carbonyl (C=O) groups excluding carboxylic acids is 1. The Hall–Kier alpha value is -1.39. The van der Waals surface area contributed by atoms with Crippen molar-refractivity contribution < 1.29 is 9.53 Å². The minimum atomic E-state index is -0.0450. The third-order valence-electron chi connectivity index (χ3n) is 5.07. The first kappa shape index (κ1) is 15.5. The number of hydrogen-bond acceptors (Lipinski definition) is 3. The molecule has 5 atom stereocenters. The molecule has 1 saturated heterocycles. The van der Waals surface area contributed by atoms with E-state index in [1.807, 2.05) is 23.1 Å². The molecule has 2 aliphatic rings. The van der Waals surface area contributed by atoms with E-state index in [-0.39, 0.29) is 36.1 Å². The van der Waals surface area contributed by atoms with Gasteiger partial charge in [-0.25, -0.2) is 0 Å². The molecule has 120 valence electrons. The maximum atomic E-state index is 13.0. The van der Waals surface area contributed by atoms with Crippen LogP contribution in [0.25, 0.3) is 0 Å². The van der Waals surface area contributed by atoms with E-state index in [1.165, 1.54) is 0 Å². The van der Waals surface area contributed by atoms with Crippen LogP contribution in [0.15, 0.2) is 30.3 Å². The van der Waals surface area contributed by atoms with Crippen molar-refractivity contribution in [3.8, 4) is 0 Å². The van der Waals surface area contributed by atoms with E-state index in [4.69, 9.17) is 10.5 Å². The molecule has 3 rings (SSSR count). The number of amides is 1. The maximum Gasteiger partial charge on any atom is 0.226 e. The number of nitrogens with zero attached hydrogens (tertiary/aromatic N) is 1. The van der Waals surface area contributed by atoms with Gasteiger partial charge >= 0.3 is 0 Å². The summed E-state index contributed by atoms with van der Waals surface area (Å²) in [5, 5.41) is 0. The highest BCUT2D eigenvalue weighted by atomic mass is 16.5. The van der Waals surface area contributed by atoms with Gasteiger partial charge in [-0.15, -0.1) is 0 Å². The number of carbonyl (C=O) groups is 1. The molecule has 4 heteroatoms. The summed E-state index contributed by atoms with van der Waals surface area (Å²) in [6.07, 6.45) is 2.67.